The van der Waals surface area contributed by atoms with Gasteiger partial charge in [-0.3, -0.25) is 4.79 Å². The summed E-state index contributed by atoms with van der Waals surface area (Å²) < 4.78 is 0. The Hall–Kier alpha value is -1.47. The van der Waals surface area contributed by atoms with E-state index in [2.05, 4.69) is 55.6 Å². The van der Waals surface area contributed by atoms with Crippen molar-refractivity contribution in [1.82, 2.24) is 5.32 Å². The Labute approximate surface area is 271 Å². The van der Waals surface area contributed by atoms with Crippen LogP contribution in [0.1, 0.15) is 168 Å². The zero-order valence-electron chi connectivity index (χ0n) is 28.6. The van der Waals surface area contributed by atoms with Crippen molar-refractivity contribution in [1.29, 1.82) is 0 Å². The summed E-state index contributed by atoms with van der Waals surface area (Å²) in [6.07, 6.45) is 35.9. The predicted octanol–water partition coefficient (Wildman–Crippen LogP) is 8.62. The highest BCUT2D eigenvalue weighted by atomic mass is 16.3. The number of unbranched alkanes of at least 4 members (excludes halogenated alkanes) is 17. The highest BCUT2D eigenvalue weighted by Gasteiger charge is 2.28. The molecule has 0 radical (unpaired) electrons. The molecular formula is C38H71NO5. The first-order valence-corrected chi connectivity index (χ1v) is 18.4. The van der Waals surface area contributed by atoms with Crippen LogP contribution >= 0.6 is 0 Å². The lowest BCUT2D eigenvalue weighted by molar-refractivity contribution is -0.132. The van der Waals surface area contributed by atoms with Gasteiger partial charge in [0.05, 0.1) is 18.8 Å². The van der Waals surface area contributed by atoms with Gasteiger partial charge < -0.3 is 25.7 Å². The van der Waals surface area contributed by atoms with E-state index in [1.807, 2.05) is 0 Å². The molecule has 4 unspecified atom stereocenters. The van der Waals surface area contributed by atoms with Crippen molar-refractivity contribution >= 4 is 5.91 Å². The molecule has 0 bridgehead atoms. The summed E-state index contributed by atoms with van der Waals surface area (Å²) in [4.78, 5) is 12.4. The van der Waals surface area contributed by atoms with E-state index in [0.29, 0.717) is 19.3 Å². The monoisotopic (exact) mass is 622 g/mol. The van der Waals surface area contributed by atoms with Crippen molar-refractivity contribution < 1.29 is 25.2 Å². The second-order valence-electron chi connectivity index (χ2n) is 12.6. The van der Waals surface area contributed by atoms with E-state index in [1.54, 1.807) is 0 Å². The van der Waals surface area contributed by atoms with E-state index in [9.17, 15) is 25.2 Å². The molecule has 0 aromatic rings. The van der Waals surface area contributed by atoms with Crippen LogP contribution in [0.3, 0.4) is 0 Å². The number of carbonyl (C=O) groups excluding carboxylic acids is 1. The van der Waals surface area contributed by atoms with Gasteiger partial charge in [0.25, 0.3) is 0 Å². The van der Waals surface area contributed by atoms with Crippen LogP contribution in [0.4, 0.5) is 0 Å². The van der Waals surface area contributed by atoms with Crippen LogP contribution in [-0.4, -0.2) is 57.3 Å². The van der Waals surface area contributed by atoms with E-state index in [-0.39, 0.29) is 0 Å². The second-order valence-corrected chi connectivity index (χ2v) is 12.6. The summed E-state index contributed by atoms with van der Waals surface area (Å²) in [7, 11) is 0. The van der Waals surface area contributed by atoms with Crippen LogP contribution in [0, 0.1) is 0 Å². The fraction of sp³-hybridized carbons (Fsp3) is 0.816. The van der Waals surface area contributed by atoms with Crippen molar-refractivity contribution in [3.63, 3.8) is 0 Å². The van der Waals surface area contributed by atoms with E-state index >= 15 is 0 Å². The van der Waals surface area contributed by atoms with E-state index in [4.69, 9.17) is 0 Å². The molecule has 0 fully saturated rings. The van der Waals surface area contributed by atoms with Gasteiger partial charge in [-0.2, -0.15) is 0 Å². The maximum absolute atomic E-state index is 12.4. The number of nitrogens with one attached hydrogen (secondary N) is 1. The topological polar surface area (TPSA) is 110 Å². The van der Waals surface area contributed by atoms with Crippen LogP contribution in [0.25, 0.3) is 0 Å². The molecule has 0 saturated heterocycles. The van der Waals surface area contributed by atoms with Gasteiger partial charge in [0.15, 0.2) is 0 Å². The second kappa shape index (κ2) is 32.9. The lowest BCUT2D eigenvalue weighted by atomic mass is 10.00. The van der Waals surface area contributed by atoms with Crippen LogP contribution in [0.5, 0.6) is 0 Å². The highest BCUT2D eigenvalue weighted by Crippen LogP contribution is 2.13. The van der Waals surface area contributed by atoms with Crippen LogP contribution < -0.4 is 5.32 Å². The molecule has 6 heteroatoms. The summed E-state index contributed by atoms with van der Waals surface area (Å²) in [6, 6.07) is -1.00. The van der Waals surface area contributed by atoms with Crippen molar-refractivity contribution in [3.05, 3.63) is 36.5 Å². The van der Waals surface area contributed by atoms with Gasteiger partial charge in [-0.1, -0.05) is 134 Å². The molecule has 0 aliphatic heterocycles. The minimum Gasteiger partial charge on any atom is -0.394 e. The minimum atomic E-state index is -1.28. The normalized spacial score (nSPS) is 15.0. The van der Waals surface area contributed by atoms with Crippen LogP contribution in [-0.2, 0) is 4.79 Å². The Balaban J connectivity index is 3.90. The third-order valence-corrected chi connectivity index (χ3v) is 8.32. The molecule has 0 aliphatic carbocycles. The number of aliphatic hydroxyl groups is 4. The fourth-order valence-corrected chi connectivity index (χ4v) is 5.31. The van der Waals surface area contributed by atoms with Gasteiger partial charge in [-0.15, -0.1) is 0 Å². The molecule has 0 heterocycles. The minimum absolute atomic E-state index is 0.350. The van der Waals surface area contributed by atoms with E-state index in [1.165, 1.54) is 83.5 Å². The summed E-state index contributed by atoms with van der Waals surface area (Å²) >= 11 is 0. The van der Waals surface area contributed by atoms with Crippen molar-refractivity contribution in [2.45, 2.75) is 192 Å². The molecule has 0 saturated carbocycles. The van der Waals surface area contributed by atoms with Gasteiger partial charge in [-0.05, 0) is 70.6 Å². The maximum Gasteiger partial charge on any atom is 0.249 e. The Morgan fingerprint density at radius 1 is 0.568 bits per heavy atom. The zero-order chi connectivity index (χ0) is 32.5. The molecule has 6 nitrogen and oxygen atoms in total. The number of amides is 1. The average molecular weight is 622 g/mol. The van der Waals surface area contributed by atoms with Gasteiger partial charge in [0, 0.05) is 0 Å². The molecule has 1 amide bonds. The molecular weight excluding hydrogens is 550 g/mol. The Morgan fingerprint density at radius 2 is 1.00 bits per heavy atom. The molecule has 0 aromatic carbocycles. The predicted molar refractivity (Wildman–Crippen MR) is 187 cm³/mol. The zero-order valence-corrected chi connectivity index (χ0v) is 28.6. The van der Waals surface area contributed by atoms with E-state index in [0.717, 1.165) is 51.4 Å². The molecule has 44 heavy (non-hydrogen) atoms. The molecule has 0 rings (SSSR count). The molecule has 4 atom stereocenters. The number of carbonyl (C=O) groups is 1. The summed E-state index contributed by atoms with van der Waals surface area (Å²) in [6.45, 7) is 3.97. The van der Waals surface area contributed by atoms with Gasteiger partial charge in [-0.25, -0.2) is 0 Å². The van der Waals surface area contributed by atoms with Crippen molar-refractivity contribution in [2.24, 2.45) is 0 Å². The van der Waals surface area contributed by atoms with Crippen LogP contribution in [0.2, 0.25) is 0 Å². The first-order chi connectivity index (χ1) is 21.5. The van der Waals surface area contributed by atoms with Gasteiger partial charge >= 0.3 is 0 Å². The number of rotatable bonds is 32. The molecule has 5 N–H and O–H groups in total. The first-order valence-electron chi connectivity index (χ1n) is 18.4. The SMILES string of the molecule is CCCCC/C=C\C/C=C\CCCCCCCCC(O)C(=O)NC(CO)C(O)C(O)CCC/C=C/CCCCCCCCC. The Morgan fingerprint density at radius 3 is 1.55 bits per heavy atom. The highest BCUT2D eigenvalue weighted by molar-refractivity contribution is 5.80. The lowest BCUT2D eigenvalue weighted by Crippen LogP contribution is -2.53. The van der Waals surface area contributed by atoms with Crippen molar-refractivity contribution in [2.75, 3.05) is 6.61 Å². The standard InChI is InChI=1S/C38H71NO5/c1-3-5-7-9-11-13-15-17-18-19-20-22-24-26-28-30-32-36(42)38(44)39-34(33-40)37(43)35(41)31-29-27-25-23-21-16-14-12-10-8-6-4-2/h11,13,17-18,23,25,34-37,40-43H,3-10,12,14-16,19-22,24,26-33H2,1-2H3,(H,39,44)/b13-11-,18-17-,25-23+. The maximum atomic E-state index is 12.4. The Kier molecular flexibility index (Phi) is 31.8. The number of hydrogen-bond donors (Lipinski definition) is 5. The fourth-order valence-electron chi connectivity index (χ4n) is 5.31. The first kappa shape index (κ1) is 42.5. The Bertz CT molecular complexity index is 707. The average Bonchev–Trinajstić information content (AvgIpc) is 3.03. The molecule has 0 spiro atoms. The van der Waals surface area contributed by atoms with Gasteiger partial charge in [0.1, 0.15) is 12.2 Å². The summed E-state index contributed by atoms with van der Waals surface area (Å²) in [5.74, 6) is -0.605. The third-order valence-electron chi connectivity index (χ3n) is 8.32. The van der Waals surface area contributed by atoms with Crippen molar-refractivity contribution in [3.8, 4) is 0 Å². The summed E-state index contributed by atoms with van der Waals surface area (Å²) in [5.41, 5.74) is 0. The molecule has 0 aliphatic rings. The quantitative estimate of drug-likeness (QED) is 0.0382. The smallest absolute Gasteiger partial charge is 0.249 e. The van der Waals surface area contributed by atoms with Gasteiger partial charge in [0.2, 0.25) is 5.91 Å². The van der Waals surface area contributed by atoms with E-state index < -0.39 is 36.9 Å². The lowest BCUT2D eigenvalue weighted by Gasteiger charge is -2.27. The number of hydrogen-bond acceptors (Lipinski definition) is 5. The number of aliphatic hydroxyl groups excluding tert-OH is 4. The summed E-state index contributed by atoms with van der Waals surface area (Å²) in [5, 5.41) is 43.3. The molecule has 0 aromatic heterocycles. The largest absolute Gasteiger partial charge is 0.394 e. The third kappa shape index (κ3) is 26.9. The number of allylic oxidation sites excluding steroid dienone is 6. The molecule has 258 valence electrons. The van der Waals surface area contributed by atoms with Crippen LogP contribution in [0.15, 0.2) is 36.5 Å².